The van der Waals surface area contributed by atoms with E-state index in [1.807, 2.05) is 103 Å². The maximum absolute atomic E-state index is 5.94. The second-order valence-electron chi connectivity index (χ2n) is 6.03. The molecule has 27 heavy (non-hydrogen) atoms. The van der Waals surface area contributed by atoms with E-state index in [2.05, 4.69) is 12.6 Å². The maximum atomic E-state index is 5.94. The number of rotatable bonds is 5. The van der Waals surface area contributed by atoms with Crippen LogP contribution in [0.2, 0.25) is 0 Å². The molecular formula is C24H18O2S. The molecule has 0 saturated heterocycles. The molecule has 132 valence electrons. The average molecular weight is 370 g/mol. The molecule has 0 N–H and O–H groups in total. The van der Waals surface area contributed by atoms with Gasteiger partial charge in [0.05, 0.1) is 0 Å². The molecule has 0 unspecified atom stereocenters. The summed E-state index contributed by atoms with van der Waals surface area (Å²) in [5.41, 5.74) is 2.07. The highest BCUT2D eigenvalue weighted by Crippen LogP contribution is 2.33. The van der Waals surface area contributed by atoms with Crippen molar-refractivity contribution in [3.8, 4) is 34.1 Å². The molecule has 0 atom stereocenters. The normalized spacial score (nSPS) is 10.4. The largest absolute Gasteiger partial charge is 0.457 e. The zero-order chi connectivity index (χ0) is 18.5. The van der Waals surface area contributed by atoms with Gasteiger partial charge in [-0.15, -0.1) is 12.6 Å². The van der Waals surface area contributed by atoms with E-state index in [1.54, 1.807) is 0 Å². The summed E-state index contributed by atoms with van der Waals surface area (Å²) in [5, 5.41) is 0. The third-order valence-corrected chi connectivity index (χ3v) is 4.48. The predicted octanol–water partition coefficient (Wildman–Crippen LogP) is 7.23. The van der Waals surface area contributed by atoms with Crippen LogP contribution in [0.25, 0.3) is 11.1 Å². The van der Waals surface area contributed by atoms with Crippen LogP contribution in [0.1, 0.15) is 0 Å². The average Bonchev–Trinajstić information content (AvgIpc) is 2.72. The Kier molecular flexibility index (Phi) is 5.13. The van der Waals surface area contributed by atoms with Crippen molar-refractivity contribution in [1.82, 2.24) is 0 Å². The van der Waals surface area contributed by atoms with Gasteiger partial charge in [-0.25, -0.2) is 0 Å². The van der Waals surface area contributed by atoms with E-state index in [1.165, 1.54) is 0 Å². The van der Waals surface area contributed by atoms with Gasteiger partial charge < -0.3 is 9.47 Å². The lowest BCUT2D eigenvalue weighted by molar-refractivity contribution is 0.482. The fraction of sp³-hybridized carbons (Fsp3) is 0. The Balaban J connectivity index is 1.56. The van der Waals surface area contributed by atoms with Gasteiger partial charge in [-0.05, 0) is 65.7 Å². The lowest BCUT2D eigenvalue weighted by Crippen LogP contribution is -1.87. The molecule has 0 heterocycles. The number of hydrogen-bond donors (Lipinski definition) is 1. The number of ether oxygens (including phenoxy) is 2. The van der Waals surface area contributed by atoms with Gasteiger partial charge in [0.15, 0.2) is 0 Å². The quantitative estimate of drug-likeness (QED) is 0.374. The Hall–Kier alpha value is -3.17. The van der Waals surface area contributed by atoms with Gasteiger partial charge in [-0.1, -0.05) is 48.5 Å². The molecule has 0 aliphatic heterocycles. The molecule has 0 aliphatic rings. The Morgan fingerprint density at radius 1 is 0.481 bits per heavy atom. The highest BCUT2D eigenvalue weighted by molar-refractivity contribution is 7.80. The van der Waals surface area contributed by atoms with E-state index >= 15 is 0 Å². The van der Waals surface area contributed by atoms with E-state index in [-0.39, 0.29) is 0 Å². The second kappa shape index (κ2) is 8.02. The van der Waals surface area contributed by atoms with Crippen molar-refractivity contribution >= 4 is 12.6 Å². The van der Waals surface area contributed by atoms with Crippen LogP contribution in [0, 0.1) is 0 Å². The molecule has 0 spiro atoms. The van der Waals surface area contributed by atoms with E-state index in [9.17, 15) is 0 Å². The zero-order valence-electron chi connectivity index (χ0n) is 14.6. The molecular weight excluding hydrogens is 352 g/mol. The van der Waals surface area contributed by atoms with Gasteiger partial charge in [0.25, 0.3) is 0 Å². The number of para-hydroxylation sites is 2. The topological polar surface area (TPSA) is 18.5 Å². The smallest absolute Gasteiger partial charge is 0.128 e. The van der Waals surface area contributed by atoms with Gasteiger partial charge in [-0.3, -0.25) is 0 Å². The Morgan fingerprint density at radius 3 is 1.56 bits per heavy atom. The van der Waals surface area contributed by atoms with E-state index < -0.39 is 0 Å². The molecule has 0 bridgehead atoms. The SMILES string of the molecule is Sc1ccc(Oc2ccccc2)cc1-c1ccc(Oc2ccccc2)cc1. The third kappa shape index (κ3) is 4.33. The summed E-state index contributed by atoms with van der Waals surface area (Å²) in [6, 6.07) is 33.3. The van der Waals surface area contributed by atoms with Crippen LogP contribution in [-0.2, 0) is 0 Å². The summed E-state index contributed by atoms with van der Waals surface area (Å²) in [7, 11) is 0. The molecule has 0 radical (unpaired) electrons. The Labute approximate surface area is 164 Å². The first-order chi connectivity index (χ1) is 13.3. The summed E-state index contributed by atoms with van der Waals surface area (Å²) in [6.45, 7) is 0. The first-order valence-electron chi connectivity index (χ1n) is 8.67. The van der Waals surface area contributed by atoms with Crippen molar-refractivity contribution in [2.24, 2.45) is 0 Å². The minimum atomic E-state index is 0.776. The predicted molar refractivity (Wildman–Crippen MR) is 112 cm³/mol. The van der Waals surface area contributed by atoms with Crippen molar-refractivity contribution < 1.29 is 9.47 Å². The van der Waals surface area contributed by atoms with Crippen LogP contribution in [0.3, 0.4) is 0 Å². The molecule has 0 saturated carbocycles. The monoisotopic (exact) mass is 370 g/mol. The molecule has 2 nitrogen and oxygen atoms in total. The van der Waals surface area contributed by atoms with Gasteiger partial charge in [-0.2, -0.15) is 0 Å². The summed E-state index contributed by atoms with van der Waals surface area (Å²) < 4.78 is 11.8. The highest BCUT2D eigenvalue weighted by Gasteiger charge is 2.07. The molecule has 3 heteroatoms. The molecule has 4 rings (SSSR count). The molecule has 4 aromatic carbocycles. The molecule has 4 aromatic rings. The van der Waals surface area contributed by atoms with Crippen molar-refractivity contribution in [3.05, 3.63) is 103 Å². The molecule has 0 aliphatic carbocycles. The Bertz CT molecular complexity index is 1010. The number of benzene rings is 4. The van der Waals surface area contributed by atoms with Crippen molar-refractivity contribution in [3.63, 3.8) is 0 Å². The summed E-state index contributed by atoms with van der Waals surface area (Å²) in [5.74, 6) is 3.20. The highest BCUT2D eigenvalue weighted by atomic mass is 32.1. The van der Waals surface area contributed by atoms with Gasteiger partial charge in [0, 0.05) is 4.90 Å². The summed E-state index contributed by atoms with van der Waals surface area (Å²) in [6.07, 6.45) is 0. The van der Waals surface area contributed by atoms with Crippen LogP contribution in [-0.4, -0.2) is 0 Å². The summed E-state index contributed by atoms with van der Waals surface area (Å²) in [4.78, 5) is 0.895. The first kappa shape index (κ1) is 17.3. The van der Waals surface area contributed by atoms with Crippen molar-refractivity contribution in [1.29, 1.82) is 0 Å². The standard InChI is InChI=1S/C24H18O2S/c27-24-16-15-22(26-20-9-5-2-6-10-20)17-23(24)18-11-13-21(14-12-18)25-19-7-3-1-4-8-19/h1-17,27H. The summed E-state index contributed by atoms with van der Waals surface area (Å²) >= 11 is 4.60. The van der Waals surface area contributed by atoms with E-state index in [0.717, 1.165) is 39.0 Å². The molecule has 0 amide bonds. The lowest BCUT2D eigenvalue weighted by Gasteiger charge is -2.11. The van der Waals surface area contributed by atoms with Crippen LogP contribution in [0.4, 0.5) is 0 Å². The van der Waals surface area contributed by atoms with Crippen molar-refractivity contribution in [2.45, 2.75) is 4.90 Å². The maximum Gasteiger partial charge on any atom is 0.128 e. The second-order valence-corrected chi connectivity index (χ2v) is 6.52. The van der Waals surface area contributed by atoms with Crippen LogP contribution >= 0.6 is 12.6 Å². The number of hydrogen-bond acceptors (Lipinski definition) is 3. The van der Waals surface area contributed by atoms with Crippen LogP contribution < -0.4 is 9.47 Å². The zero-order valence-corrected chi connectivity index (χ0v) is 15.5. The van der Waals surface area contributed by atoms with Gasteiger partial charge in [0.1, 0.15) is 23.0 Å². The van der Waals surface area contributed by atoms with Gasteiger partial charge >= 0.3 is 0 Å². The minimum Gasteiger partial charge on any atom is -0.457 e. The number of thiol groups is 1. The van der Waals surface area contributed by atoms with Crippen LogP contribution in [0.15, 0.2) is 108 Å². The minimum absolute atomic E-state index is 0.776. The fourth-order valence-corrected chi connectivity index (χ4v) is 3.03. The lowest BCUT2D eigenvalue weighted by atomic mass is 10.1. The molecule has 0 fully saturated rings. The Morgan fingerprint density at radius 2 is 0.963 bits per heavy atom. The van der Waals surface area contributed by atoms with E-state index in [0.29, 0.717) is 0 Å². The van der Waals surface area contributed by atoms with Crippen LogP contribution in [0.5, 0.6) is 23.0 Å². The van der Waals surface area contributed by atoms with E-state index in [4.69, 9.17) is 9.47 Å². The fourth-order valence-electron chi connectivity index (χ4n) is 2.76. The first-order valence-corrected chi connectivity index (χ1v) is 9.12. The van der Waals surface area contributed by atoms with Crippen molar-refractivity contribution in [2.75, 3.05) is 0 Å². The van der Waals surface area contributed by atoms with Gasteiger partial charge in [0.2, 0.25) is 0 Å². The third-order valence-electron chi connectivity index (χ3n) is 4.09. The molecule has 0 aromatic heterocycles.